The number of amides is 1. The molecule has 1 saturated heterocycles. The van der Waals surface area contributed by atoms with Crippen LogP contribution in [0.4, 0.5) is 0 Å². The quantitative estimate of drug-likeness (QED) is 0.776. The molecular formula is C22H28N2O3. The molecule has 5 heteroatoms. The first-order chi connectivity index (χ1) is 13.2. The Bertz CT molecular complexity index is 757. The Labute approximate surface area is 161 Å². The lowest BCUT2D eigenvalue weighted by molar-refractivity contribution is -0.123. The van der Waals surface area contributed by atoms with Gasteiger partial charge in [-0.3, -0.25) is 9.69 Å². The van der Waals surface area contributed by atoms with Crippen LogP contribution in [0.25, 0.3) is 0 Å². The van der Waals surface area contributed by atoms with Gasteiger partial charge < -0.3 is 14.8 Å². The number of aryl methyl sites for hydroxylation is 1. The SMILES string of the molecule is COc1ccccc1[C@@H](CNC(=O)COc1ccccc1C)N1CCCC1. The van der Waals surface area contributed by atoms with E-state index in [0.717, 1.165) is 35.7 Å². The topological polar surface area (TPSA) is 50.8 Å². The van der Waals surface area contributed by atoms with E-state index in [1.165, 1.54) is 12.8 Å². The Kier molecular flexibility index (Phi) is 6.71. The molecule has 0 aliphatic carbocycles. The zero-order chi connectivity index (χ0) is 19.1. The number of carbonyl (C=O) groups is 1. The predicted molar refractivity (Wildman–Crippen MR) is 106 cm³/mol. The van der Waals surface area contributed by atoms with Crippen LogP contribution >= 0.6 is 0 Å². The molecule has 0 radical (unpaired) electrons. The van der Waals surface area contributed by atoms with E-state index in [1.807, 2.05) is 49.4 Å². The Morgan fingerprint density at radius 1 is 1.07 bits per heavy atom. The van der Waals surface area contributed by atoms with Gasteiger partial charge in [0.15, 0.2) is 6.61 Å². The van der Waals surface area contributed by atoms with E-state index < -0.39 is 0 Å². The third-order valence-electron chi connectivity index (χ3n) is 5.02. The van der Waals surface area contributed by atoms with Crippen LogP contribution in [0, 0.1) is 6.92 Å². The van der Waals surface area contributed by atoms with E-state index in [0.29, 0.717) is 6.54 Å². The van der Waals surface area contributed by atoms with Crippen LogP contribution in [0.5, 0.6) is 11.5 Å². The molecule has 0 spiro atoms. The van der Waals surface area contributed by atoms with E-state index in [9.17, 15) is 4.79 Å². The molecule has 2 aromatic rings. The molecule has 1 atom stereocenters. The number of hydrogen-bond acceptors (Lipinski definition) is 4. The van der Waals surface area contributed by atoms with Crippen molar-refractivity contribution in [3.63, 3.8) is 0 Å². The molecule has 1 heterocycles. The summed E-state index contributed by atoms with van der Waals surface area (Å²) in [6.45, 7) is 4.61. The second kappa shape index (κ2) is 9.42. The first-order valence-electron chi connectivity index (χ1n) is 9.51. The molecule has 1 N–H and O–H groups in total. The summed E-state index contributed by atoms with van der Waals surface area (Å²) in [6.07, 6.45) is 2.38. The Balaban J connectivity index is 1.62. The first kappa shape index (κ1) is 19.2. The third-order valence-corrected chi connectivity index (χ3v) is 5.02. The monoisotopic (exact) mass is 368 g/mol. The molecule has 27 heavy (non-hydrogen) atoms. The average molecular weight is 368 g/mol. The average Bonchev–Trinajstić information content (AvgIpc) is 3.22. The number of benzene rings is 2. The van der Waals surface area contributed by atoms with Crippen molar-refractivity contribution in [2.45, 2.75) is 25.8 Å². The minimum absolute atomic E-state index is 0.0174. The Morgan fingerprint density at radius 3 is 2.44 bits per heavy atom. The largest absolute Gasteiger partial charge is 0.496 e. The maximum atomic E-state index is 12.3. The van der Waals surface area contributed by atoms with Crippen molar-refractivity contribution in [3.05, 3.63) is 59.7 Å². The van der Waals surface area contributed by atoms with Gasteiger partial charge in [0.25, 0.3) is 5.91 Å². The molecule has 3 rings (SSSR count). The van der Waals surface area contributed by atoms with Crippen LogP contribution in [0.1, 0.15) is 30.0 Å². The summed E-state index contributed by atoms with van der Waals surface area (Å²) >= 11 is 0. The molecule has 1 aliphatic rings. The zero-order valence-corrected chi connectivity index (χ0v) is 16.1. The molecule has 1 fully saturated rings. The molecular weight excluding hydrogens is 340 g/mol. The van der Waals surface area contributed by atoms with Crippen molar-refractivity contribution in [2.75, 3.05) is 33.4 Å². The molecule has 2 aromatic carbocycles. The van der Waals surface area contributed by atoms with E-state index in [4.69, 9.17) is 9.47 Å². The van der Waals surface area contributed by atoms with Crippen LogP contribution in [-0.2, 0) is 4.79 Å². The van der Waals surface area contributed by atoms with Gasteiger partial charge in [-0.05, 0) is 50.6 Å². The summed E-state index contributed by atoms with van der Waals surface area (Å²) in [4.78, 5) is 14.8. The summed E-state index contributed by atoms with van der Waals surface area (Å²) in [6, 6.07) is 15.9. The maximum absolute atomic E-state index is 12.3. The molecule has 1 amide bonds. The van der Waals surface area contributed by atoms with E-state index in [2.05, 4.69) is 16.3 Å². The van der Waals surface area contributed by atoms with Gasteiger partial charge in [-0.15, -0.1) is 0 Å². The number of nitrogens with zero attached hydrogens (tertiary/aromatic N) is 1. The van der Waals surface area contributed by atoms with Crippen molar-refractivity contribution in [1.82, 2.24) is 10.2 Å². The van der Waals surface area contributed by atoms with Gasteiger partial charge in [-0.25, -0.2) is 0 Å². The molecule has 144 valence electrons. The summed E-state index contributed by atoms with van der Waals surface area (Å²) in [5, 5.41) is 3.04. The van der Waals surface area contributed by atoms with Gasteiger partial charge in [0.1, 0.15) is 11.5 Å². The number of rotatable bonds is 8. The smallest absolute Gasteiger partial charge is 0.258 e. The minimum atomic E-state index is -0.114. The van der Waals surface area contributed by atoms with Crippen LogP contribution < -0.4 is 14.8 Å². The highest BCUT2D eigenvalue weighted by Crippen LogP contribution is 2.31. The summed E-state index contributed by atoms with van der Waals surface area (Å²) in [7, 11) is 1.69. The molecule has 0 saturated carbocycles. The van der Waals surface area contributed by atoms with Crippen molar-refractivity contribution in [1.29, 1.82) is 0 Å². The fourth-order valence-corrected chi connectivity index (χ4v) is 3.55. The first-order valence-corrected chi connectivity index (χ1v) is 9.51. The third kappa shape index (κ3) is 5.01. The van der Waals surface area contributed by atoms with Crippen LogP contribution in [0.15, 0.2) is 48.5 Å². The predicted octanol–water partition coefficient (Wildman–Crippen LogP) is 3.34. The highest BCUT2D eigenvalue weighted by molar-refractivity contribution is 5.77. The second-order valence-corrected chi connectivity index (χ2v) is 6.86. The normalized spacial score (nSPS) is 15.3. The highest BCUT2D eigenvalue weighted by Gasteiger charge is 2.26. The molecule has 5 nitrogen and oxygen atoms in total. The number of para-hydroxylation sites is 2. The molecule has 0 aromatic heterocycles. The maximum Gasteiger partial charge on any atom is 0.258 e. The summed E-state index contributed by atoms with van der Waals surface area (Å²) in [5.74, 6) is 1.49. The number of carbonyl (C=O) groups excluding carboxylic acids is 1. The molecule has 1 aliphatic heterocycles. The number of ether oxygens (including phenoxy) is 2. The van der Waals surface area contributed by atoms with Crippen LogP contribution in [0.3, 0.4) is 0 Å². The van der Waals surface area contributed by atoms with E-state index >= 15 is 0 Å². The molecule has 0 bridgehead atoms. The van der Waals surface area contributed by atoms with Crippen molar-refractivity contribution in [3.8, 4) is 11.5 Å². The van der Waals surface area contributed by atoms with Gasteiger partial charge in [-0.2, -0.15) is 0 Å². The van der Waals surface area contributed by atoms with E-state index in [-0.39, 0.29) is 18.6 Å². The van der Waals surface area contributed by atoms with Crippen molar-refractivity contribution in [2.24, 2.45) is 0 Å². The summed E-state index contributed by atoms with van der Waals surface area (Å²) < 4.78 is 11.2. The van der Waals surface area contributed by atoms with Crippen molar-refractivity contribution >= 4 is 5.91 Å². The fraction of sp³-hybridized carbons (Fsp3) is 0.409. The van der Waals surface area contributed by atoms with Gasteiger partial charge in [0.2, 0.25) is 0 Å². The standard InChI is InChI=1S/C22H28N2O3/c1-17-9-3-5-11-20(17)27-16-22(25)23-15-19(24-13-7-8-14-24)18-10-4-6-12-21(18)26-2/h3-6,9-12,19H,7-8,13-16H2,1-2H3,(H,23,25)/t19-/m1/s1. The Hall–Kier alpha value is -2.53. The van der Waals surface area contributed by atoms with Gasteiger partial charge in [-0.1, -0.05) is 36.4 Å². The number of likely N-dealkylation sites (tertiary alicyclic amines) is 1. The van der Waals surface area contributed by atoms with Crippen LogP contribution in [-0.4, -0.2) is 44.2 Å². The van der Waals surface area contributed by atoms with Gasteiger partial charge in [0, 0.05) is 12.1 Å². The minimum Gasteiger partial charge on any atom is -0.496 e. The highest BCUT2D eigenvalue weighted by atomic mass is 16.5. The lowest BCUT2D eigenvalue weighted by atomic mass is 10.0. The number of methoxy groups -OCH3 is 1. The Morgan fingerprint density at radius 2 is 1.74 bits per heavy atom. The van der Waals surface area contributed by atoms with Gasteiger partial charge in [0.05, 0.1) is 13.2 Å². The molecule has 0 unspecified atom stereocenters. The summed E-state index contributed by atoms with van der Waals surface area (Å²) in [5.41, 5.74) is 2.14. The van der Waals surface area contributed by atoms with Crippen LogP contribution in [0.2, 0.25) is 0 Å². The van der Waals surface area contributed by atoms with Gasteiger partial charge >= 0.3 is 0 Å². The lowest BCUT2D eigenvalue weighted by Gasteiger charge is -2.29. The number of hydrogen-bond donors (Lipinski definition) is 1. The number of nitrogens with one attached hydrogen (secondary N) is 1. The second-order valence-electron chi connectivity index (χ2n) is 6.86. The van der Waals surface area contributed by atoms with Crippen molar-refractivity contribution < 1.29 is 14.3 Å². The fourth-order valence-electron chi connectivity index (χ4n) is 3.55. The lowest BCUT2D eigenvalue weighted by Crippen LogP contribution is -2.38. The zero-order valence-electron chi connectivity index (χ0n) is 16.1. The van der Waals surface area contributed by atoms with E-state index in [1.54, 1.807) is 7.11 Å².